The molecule has 156 valence electrons. The Kier molecular flexibility index (Phi) is 7.26. The SMILES string of the molecule is CCC(C)NC(=O)C1CC(c2ccc(F)cc2)CN(Cc2ccc(OC)cc2)C1. The van der Waals surface area contributed by atoms with Gasteiger partial charge in [-0.1, -0.05) is 31.2 Å². The largest absolute Gasteiger partial charge is 0.497 e. The van der Waals surface area contributed by atoms with Gasteiger partial charge in [0, 0.05) is 25.7 Å². The number of carbonyl (C=O) groups excluding carboxylic acids is 1. The van der Waals surface area contributed by atoms with Crippen LogP contribution in [-0.2, 0) is 11.3 Å². The quantitative estimate of drug-likeness (QED) is 0.754. The summed E-state index contributed by atoms with van der Waals surface area (Å²) < 4.78 is 18.6. The van der Waals surface area contributed by atoms with Crippen molar-refractivity contribution in [3.8, 4) is 5.75 Å². The molecule has 0 aromatic heterocycles. The summed E-state index contributed by atoms with van der Waals surface area (Å²) in [5, 5.41) is 3.14. The van der Waals surface area contributed by atoms with Crippen molar-refractivity contribution in [3.05, 3.63) is 65.5 Å². The van der Waals surface area contributed by atoms with Crippen LogP contribution >= 0.6 is 0 Å². The average Bonchev–Trinajstić information content (AvgIpc) is 2.74. The maximum atomic E-state index is 13.4. The number of hydrogen-bond donors (Lipinski definition) is 1. The smallest absolute Gasteiger partial charge is 0.224 e. The Morgan fingerprint density at radius 2 is 1.86 bits per heavy atom. The normalized spacial score (nSPS) is 20.8. The number of nitrogens with one attached hydrogen (secondary N) is 1. The molecule has 2 aromatic carbocycles. The zero-order chi connectivity index (χ0) is 20.8. The highest BCUT2D eigenvalue weighted by Gasteiger charge is 2.32. The number of piperidine rings is 1. The Morgan fingerprint density at radius 1 is 1.17 bits per heavy atom. The molecule has 1 N–H and O–H groups in total. The standard InChI is InChI=1S/C24H31FN2O2/c1-4-17(2)26-24(28)21-13-20(19-7-9-22(25)10-8-19)15-27(16-21)14-18-5-11-23(29-3)12-6-18/h5-12,17,20-21H,4,13-16H2,1-3H3,(H,26,28). The number of halogens is 1. The van der Waals surface area contributed by atoms with E-state index in [0.717, 1.165) is 43.8 Å². The van der Waals surface area contributed by atoms with Crippen LogP contribution in [0.2, 0.25) is 0 Å². The van der Waals surface area contributed by atoms with Crippen molar-refractivity contribution >= 4 is 5.91 Å². The van der Waals surface area contributed by atoms with Crippen molar-refractivity contribution in [3.63, 3.8) is 0 Å². The number of rotatable bonds is 7. The number of hydrogen-bond acceptors (Lipinski definition) is 3. The van der Waals surface area contributed by atoms with Gasteiger partial charge in [0.2, 0.25) is 5.91 Å². The minimum atomic E-state index is -0.231. The second kappa shape index (κ2) is 9.88. The van der Waals surface area contributed by atoms with Gasteiger partial charge in [-0.3, -0.25) is 9.69 Å². The molecule has 3 atom stereocenters. The molecule has 0 aliphatic carbocycles. The van der Waals surface area contributed by atoms with E-state index in [1.165, 1.54) is 17.7 Å². The van der Waals surface area contributed by atoms with E-state index in [9.17, 15) is 9.18 Å². The van der Waals surface area contributed by atoms with Crippen molar-refractivity contribution in [2.75, 3.05) is 20.2 Å². The predicted octanol–water partition coefficient (Wildman–Crippen LogP) is 4.35. The summed E-state index contributed by atoms with van der Waals surface area (Å²) in [5.41, 5.74) is 2.28. The molecule has 1 aliphatic heterocycles. The second-order valence-electron chi connectivity index (χ2n) is 8.04. The number of ether oxygens (including phenoxy) is 1. The fourth-order valence-electron chi connectivity index (χ4n) is 3.94. The van der Waals surface area contributed by atoms with E-state index < -0.39 is 0 Å². The Balaban J connectivity index is 1.76. The molecule has 5 heteroatoms. The third-order valence-corrected chi connectivity index (χ3v) is 5.80. The third kappa shape index (κ3) is 5.80. The summed E-state index contributed by atoms with van der Waals surface area (Å²) in [7, 11) is 1.66. The molecule has 0 saturated carbocycles. The Morgan fingerprint density at radius 3 is 2.48 bits per heavy atom. The molecule has 2 aromatic rings. The minimum absolute atomic E-state index is 0.0777. The van der Waals surface area contributed by atoms with Crippen molar-refractivity contribution in [2.45, 2.75) is 45.2 Å². The lowest BCUT2D eigenvalue weighted by molar-refractivity contribution is -0.127. The lowest BCUT2D eigenvalue weighted by Gasteiger charge is -2.38. The lowest BCUT2D eigenvalue weighted by atomic mass is 9.83. The van der Waals surface area contributed by atoms with E-state index in [-0.39, 0.29) is 29.6 Å². The van der Waals surface area contributed by atoms with Crippen LogP contribution in [0.15, 0.2) is 48.5 Å². The minimum Gasteiger partial charge on any atom is -0.497 e. The predicted molar refractivity (Wildman–Crippen MR) is 113 cm³/mol. The second-order valence-corrected chi connectivity index (χ2v) is 8.04. The molecule has 4 nitrogen and oxygen atoms in total. The van der Waals surface area contributed by atoms with Gasteiger partial charge in [0.15, 0.2) is 0 Å². The summed E-state index contributed by atoms with van der Waals surface area (Å²) in [6, 6.07) is 14.9. The van der Waals surface area contributed by atoms with Gasteiger partial charge in [0.1, 0.15) is 11.6 Å². The molecule has 1 heterocycles. The number of benzene rings is 2. The van der Waals surface area contributed by atoms with Crippen LogP contribution in [0.3, 0.4) is 0 Å². The molecule has 0 spiro atoms. The molecule has 1 aliphatic rings. The van der Waals surface area contributed by atoms with E-state index in [4.69, 9.17) is 4.74 Å². The first-order chi connectivity index (χ1) is 14.0. The number of likely N-dealkylation sites (tertiary alicyclic amines) is 1. The van der Waals surface area contributed by atoms with Crippen molar-refractivity contribution in [1.82, 2.24) is 10.2 Å². The Hall–Kier alpha value is -2.40. The molecule has 1 fully saturated rings. The molecule has 1 amide bonds. The van der Waals surface area contributed by atoms with Gasteiger partial charge in [-0.25, -0.2) is 4.39 Å². The number of amides is 1. The van der Waals surface area contributed by atoms with Crippen molar-refractivity contribution in [1.29, 1.82) is 0 Å². The first-order valence-electron chi connectivity index (χ1n) is 10.4. The fraction of sp³-hybridized carbons (Fsp3) is 0.458. The lowest BCUT2D eigenvalue weighted by Crippen LogP contribution is -2.47. The van der Waals surface area contributed by atoms with Gasteiger partial charge in [-0.2, -0.15) is 0 Å². The summed E-state index contributed by atoms with van der Waals surface area (Å²) >= 11 is 0. The molecule has 0 radical (unpaired) electrons. The highest BCUT2D eigenvalue weighted by molar-refractivity contribution is 5.79. The Bertz CT molecular complexity index is 792. The molecule has 29 heavy (non-hydrogen) atoms. The highest BCUT2D eigenvalue weighted by atomic mass is 19.1. The van der Waals surface area contributed by atoms with Crippen LogP contribution in [0, 0.1) is 11.7 Å². The first-order valence-corrected chi connectivity index (χ1v) is 10.4. The average molecular weight is 399 g/mol. The topological polar surface area (TPSA) is 41.6 Å². The van der Waals surface area contributed by atoms with Crippen LogP contribution < -0.4 is 10.1 Å². The van der Waals surface area contributed by atoms with Crippen molar-refractivity contribution in [2.24, 2.45) is 5.92 Å². The summed E-state index contributed by atoms with van der Waals surface area (Å²) in [4.78, 5) is 15.2. The van der Waals surface area contributed by atoms with E-state index in [0.29, 0.717) is 0 Å². The van der Waals surface area contributed by atoms with E-state index in [2.05, 4.69) is 29.3 Å². The van der Waals surface area contributed by atoms with Gasteiger partial charge < -0.3 is 10.1 Å². The van der Waals surface area contributed by atoms with Gasteiger partial charge in [0.25, 0.3) is 0 Å². The first kappa shape index (κ1) is 21.3. The van der Waals surface area contributed by atoms with Gasteiger partial charge in [-0.15, -0.1) is 0 Å². The molecular formula is C24H31FN2O2. The van der Waals surface area contributed by atoms with Crippen LogP contribution in [-0.4, -0.2) is 37.0 Å². The molecular weight excluding hydrogens is 367 g/mol. The Labute approximate surface area is 173 Å². The summed E-state index contributed by atoms with van der Waals surface area (Å²) in [6.07, 6.45) is 1.70. The highest BCUT2D eigenvalue weighted by Crippen LogP contribution is 2.31. The molecule has 3 unspecified atom stereocenters. The molecule has 0 bridgehead atoms. The van der Waals surface area contributed by atoms with E-state index in [1.807, 2.05) is 31.2 Å². The van der Waals surface area contributed by atoms with E-state index >= 15 is 0 Å². The zero-order valence-electron chi connectivity index (χ0n) is 17.5. The third-order valence-electron chi connectivity index (χ3n) is 5.80. The van der Waals surface area contributed by atoms with Crippen molar-refractivity contribution < 1.29 is 13.9 Å². The van der Waals surface area contributed by atoms with Gasteiger partial charge in [-0.05, 0) is 61.1 Å². The van der Waals surface area contributed by atoms with Gasteiger partial charge in [0.05, 0.1) is 13.0 Å². The fourth-order valence-corrected chi connectivity index (χ4v) is 3.94. The van der Waals surface area contributed by atoms with Crippen LogP contribution in [0.5, 0.6) is 5.75 Å². The summed E-state index contributed by atoms with van der Waals surface area (Å²) in [6.45, 7) is 6.46. The maximum absolute atomic E-state index is 13.4. The number of nitrogens with zero attached hydrogens (tertiary/aromatic N) is 1. The maximum Gasteiger partial charge on any atom is 0.224 e. The van der Waals surface area contributed by atoms with Crippen LogP contribution in [0.4, 0.5) is 4.39 Å². The number of carbonyl (C=O) groups is 1. The monoisotopic (exact) mass is 398 g/mol. The van der Waals surface area contributed by atoms with Gasteiger partial charge >= 0.3 is 0 Å². The summed E-state index contributed by atoms with van der Waals surface area (Å²) in [5.74, 6) is 0.848. The van der Waals surface area contributed by atoms with Crippen LogP contribution in [0.1, 0.15) is 43.7 Å². The number of methoxy groups -OCH3 is 1. The molecule has 1 saturated heterocycles. The zero-order valence-corrected chi connectivity index (χ0v) is 17.5. The molecule has 3 rings (SSSR count). The van der Waals surface area contributed by atoms with E-state index in [1.54, 1.807) is 7.11 Å². The van der Waals surface area contributed by atoms with Crippen LogP contribution in [0.25, 0.3) is 0 Å².